The Kier molecular flexibility index (Phi) is 7.49. The molecule has 0 saturated carbocycles. The van der Waals surface area contributed by atoms with Crippen molar-refractivity contribution in [2.24, 2.45) is 0 Å². The average Bonchev–Trinajstić information content (AvgIpc) is 3.71. The zero-order valence-corrected chi connectivity index (χ0v) is 26.2. The zero-order chi connectivity index (χ0) is 27.9. The molecule has 2 nitrogen and oxygen atoms in total. The Morgan fingerprint density at radius 2 is 1.02 bits per heavy atom. The molecule has 0 spiro atoms. The third kappa shape index (κ3) is 5.08. The molecule has 1 saturated heterocycles. The van der Waals surface area contributed by atoms with Crippen molar-refractivity contribution in [1.29, 1.82) is 0 Å². The molecule has 6 aromatic rings. The maximum absolute atomic E-state index is 6.27. The highest BCUT2D eigenvalue weighted by molar-refractivity contribution is 9.10. The van der Waals surface area contributed by atoms with Crippen LogP contribution in [-0.2, 0) is 9.31 Å². The minimum atomic E-state index is -0.336. The Morgan fingerprint density at radius 3 is 1.55 bits per heavy atom. The quantitative estimate of drug-likeness (QED) is 0.182. The maximum atomic E-state index is 6.27. The second-order valence-corrected chi connectivity index (χ2v) is 13.7. The SMILES string of the molecule is Brc1ccc(-c2cccs2)c2ccccc12.CC1(C)OB(c2ccc(-c3cccs3)c3ccccc23)OC1(C)C. The highest BCUT2D eigenvalue weighted by Gasteiger charge is 2.52. The fraction of sp³-hybridized carbons (Fsp3) is 0.176. The Labute approximate surface area is 252 Å². The van der Waals surface area contributed by atoms with Gasteiger partial charge in [-0.2, -0.15) is 0 Å². The molecule has 200 valence electrons. The molecular weight excluding hydrogens is 595 g/mol. The summed E-state index contributed by atoms with van der Waals surface area (Å²) in [6.45, 7) is 8.37. The van der Waals surface area contributed by atoms with Gasteiger partial charge < -0.3 is 9.31 Å². The molecule has 0 unspecified atom stereocenters. The number of hydrogen-bond acceptors (Lipinski definition) is 4. The molecule has 0 atom stereocenters. The molecule has 0 amide bonds. The first-order valence-corrected chi connectivity index (χ1v) is 15.9. The van der Waals surface area contributed by atoms with E-state index in [4.69, 9.17) is 9.31 Å². The van der Waals surface area contributed by atoms with Crippen molar-refractivity contribution in [2.75, 3.05) is 0 Å². The van der Waals surface area contributed by atoms with Crippen LogP contribution in [0.3, 0.4) is 0 Å². The molecule has 0 bridgehead atoms. The van der Waals surface area contributed by atoms with Crippen molar-refractivity contribution in [1.82, 2.24) is 0 Å². The van der Waals surface area contributed by atoms with Crippen molar-refractivity contribution in [3.63, 3.8) is 0 Å². The van der Waals surface area contributed by atoms with E-state index >= 15 is 0 Å². The minimum absolute atomic E-state index is 0.328. The largest absolute Gasteiger partial charge is 0.495 e. The molecule has 2 aromatic heterocycles. The molecule has 6 heteroatoms. The maximum Gasteiger partial charge on any atom is 0.495 e. The van der Waals surface area contributed by atoms with Gasteiger partial charge in [0.15, 0.2) is 0 Å². The molecular formula is C34H30BBrO2S2. The number of hydrogen-bond donors (Lipinski definition) is 0. The normalized spacial score (nSPS) is 15.8. The van der Waals surface area contributed by atoms with Crippen LogP contribution in [0.2, 0.25) is 0 Å². The van der Waals surface area contributed by atoms with E-state index in [2.05, 4.69) is 151 Å². The van der Waals surface area contributed by atoms with Gasteiger partial charge >= 0.3 is 7.12 Å². The molecule has 1 fully saturated rings. The molecule has 0 N–H and O–H groups in total. The van der Waals surface area contributed by atoms with Gasteiger partial charge in [0.25, 0.3) is 0 Å². The smallest absolute Gasteiger partial charge is 0.399 e. The van der Waals surface area contributed by atoms with Crippen molar-refractivity contribution in [3.8, 4) is 20.9 Å². The highest BCUT2D eigenvalue weighted by atomic mass is 79.9. The van der Waals surface area contributed by atoms with Gasteiger partial charge in [-0.15, -0.1) is 22.7 Å². The molecule has 1 aliphatic heterocycles. The zero-order valence-electron chi connectivity index (χ0n) is 23.0. The first-order chi connectivity index (χ1) is 19.2. The average molecular weight is 625 g/mol. The number of halogens is 1. The van der Waals surface area contributed by atoms with Gasteiger partial charge in [0.1, 0.15) is 0 Å². The van der Waals surface area contributed by atoms with Crippen LogP contribution in [-0.4, -0.2) is 18.3 Å². The predicted octanol–water partition coefficient (Wildman–Crippen LogP) is 10.2. The summed E-state index contributed by atoms with van der Waals surface area (Å²) in [6, 6.07) is 34.2. The Bertz CT molecular complexity index is 1760. The first kappa shape index (κ1) is 27.4. The van der Waals surface area contributed by atoms with E-state index in [1.165, 1.54) is 42.4 Å². The number of thiophene rings is 2. The topological polar surface area (TPSA) is 18.5 Å². The molecule has 4 aromatic carbocycles. The second kappa shape index (κ2) is 10.9. The summed E-state index contributed by atoms with van der Waals surface area (Å²) in [6.07, 6.45) is 0. The number of rotatable bonds is 3. The summed E-state index contributed by atoms with van der Waals surface area (Å²) in [5.74, 6) is 0. The second-order valence-electron chi connectivity index (χ2n) is 10.9. The number of fused-ring (bicyclic) bond motifs is 2. The Morgan fingerprint density at radius 1 is 0.550 bits per heavy atom. The van der Waals surface area contributed by atoms with Crippen molar-refractivity contribution in [3.05, 3.63) is 112 Å². The fourth-order valence-electron chi connectivity index (χ4n) is 5.05. The van der Waals surface area contributed by atoms with Gasteiger partial charge in [-0.1, -0.05) is 94.8 Å². The Balaban J connectivity index is 0.000000157. The van der Waals surface area contributed by atoms with Crippen molar-refractivity contribution in [2.45, 2.75) is 38.9 Å². The molecule has 0 radical (unpaired) electrons. The molecule has 1 aliphatic rings. The summed E-state index contributed by atoms with van der Waals surface area (Å²) in [5.41, 5.74) is 3.02. The minimum Gasteiger partial charge on any atom is -0.399 e. The third-order valence-corrected chi connectivity index (χ3v) is 10.4. The van der Waals surface area contributed by atoms with E-state index in [0.717, 1.165) is 9.94 Å². The molecule has 0 aliphatic carbocycles. The van der Waals surface area contributed by atoms with E-state index in [1.54, 1.807) is 22.7 Å². The highest BCUT2D eigenvalue weighted by Crippen LogP contribution is 2.38. The van der Waals surface area contributed by atoms with E-state index in [-0.39, 0.29) is 18.3 Å². The van der Waals surface area contributed by atoms with Crippen LogP contribution >= 0.6 is 38.6 Å². The molecule has 3 heterocycles. The van der Waals surface area contributed by atoms with E-state index < -0.39 is 0 Å². The van der Waals surface area contributed by atoms with E-state index in [1.807, 2.05) is 0 Å². The van der Waals surface area contributed by atoms with Crippen molar-refractivity contribution < 1.29 is 9.31 Å². The van der Waals surface area contributed by atoms with Gasteiger partial charge in [0, 0.05) is 14.2 Å². The summed E-state index contributed by atoms with van der Waals surface area (Å²) in [5, 5.41) is 9.25. The van der Waals surface area contributed by atoms with Crippen LogP contribution in [0.1, 0.15) is 27.7 Å². The van der Waals surface area contributed by atoms with Crippen LogP contribution in [0.25, 0.3) is 42.4 Å². The lowest BCUT2D eigenvalue weighted by Gasteiger charge is -2.32. The van der Waals surface area contributed by atoms with Gasteiger partial charge in [0.05, 0.1) is 11.2 Å². The van der Waals surface area contributed by atoms with E-state index in [9.17, 15) is 0 Å². The molecule has 40 heavy (non-hydrogen) atoms. The predicted molar refractivity (Wildman–Crippen MR) is 178 cm³/mol. The lowest BCUT2D eigenvalue weighted by atomic mass is 9.75. The van der Waals surface area contributed by atoms with Crippen LogP contribution in [0.4, 0.5) is 0 Å². The summed E-state index contributed by atoms with van der Waals surface area (Å²) >= 11 is 7.15. The molecule has 7 rings (SSSR count). The van der Waals surface area contributed by atoms with Gasteiger partial charge in [-0.05, 0) is 94.8 Å². The van der Waals surface area contributed by atoms with Crippen LogP contribution in [0, 0.1) is 0 Å². The monoisotopic (exact) mass is 624 g/mol. The van der Waals surface area contributed by atoms with Gasteiger partial charge in [0.2, 0.25) is 0 Å². The van der Waals surface area contributed by atoms with E-state index in [0.29, 0.717) is 0 Å². The van der Waals surface area contributed by atoms with Gasteiger partial charge in [-0.3, -0.25) is 0 Å². The summed E-state index contributed by atoms with van der Waals surface area (Å²) < 4.78 is 13.7. The standard InChI is InChI=1S/C20H21BO2S.C14H9BrS/c1-19(2)20(3,4)23-21(22-19)17-12-11-16(18-10-7-13-24-18)14-8-5-6-9-15(14)17;15-13-8-7-12(14-6-3-9-16-14)10-4-1-2-5-11(10)13/h5-13H,1-4H3;1-9H. The first-order valence-electron chi connectivity index (χ1n) is 13.4. The van der Waals surface area contributed by atoms with Crippen LogP contribution in [0.5, 0.6) is 0 Å². The Hall–Kier alpha value is -2.74. The lowest BCUT2D eigenvalue weighted by Crippen LogP contribution is -2.41. The number of benzene rings is 4. The van der Waals surface area contributed by atoms with Crippen LogP contribution in [0.15, 0.2) is 112 Å². The van der Waals surface area contributed by atoms with Gasteiger partial charge in [-0.25, -0.2) is 0 Å². The third-order valence-electron chi connectivity index (χ3n) is 7.91. The summed E-state index contributed by atoms with van der Waals surface area (Å²) in [4.78, 5) is 2.61. The summed E-state index contributed by atoms with van der Waals surface area (Å²) in [7, 11) is -0.336. The fourth-order valence-corrected chi connectivity index (χ4v) is 7.06. The lowest BCUT2D eigenvalue weighted by molar-refractivity contribution is 0.00578. The van der Waals surface area contributed by atoms with Crippen LogP contribution < -0.4 is 5.46 Å². The van der Waals surface area contributed by atoms with Crippen molar-refractivity contribution >= 4 is 72.7 Å².